The van der Waals surface area contributed by atoms with Crippen molar-refractivity contribution in [2.24, 2.45) is 11.3 Å². The van der Waals surface area contributed by atoms with Gasteiger partial charge >= 0.3 is 0 Å². The molecule has 2 unspecified atom stereocenters. The van der Waals surface area contributed by atoms with Gasteiger partial charge in [0.25, 0.3) is 0 Å². The predicted molar refractivity (Wildman–Crippen MR) is 71.9 cm³/mol. The Morgan fingerprint density at radius 2 is 2.18 bits per heavy atom. The molecule has 3 heteroatoms. The summed E-state index contributed by atoms with van der Waals surface area (Å²) in [6, 6.07) is 0.301. The van der Waals surface area contributed by atoms with E-state index in [4.69, 9.17) is 0 Å². The molecule has 1 amide bonds. The molecule has 0 bridgehead atoms. The molecule has 1 heterocycles. The van der Waals surface area contributed by atoms with Crippen molar-refractivity contribution in [2.75, 3.05) is 13.1 Å². The summed E-state index contributed by atoms with van der Waals surface area (Å²) in [5, 5.41) is 6.54. The van der Waals surface area contributed by atoms with Crippen LogP contribution in [0.15, 0.2) is 0 Å². The van der Waals surface area contributed by atoms with Crippen LogP contribution in [0.25, 0.3) is 0 Å². The number of hydrogen-bond donors (Lipinski definition) is 2. The smallest absolute Gasteiger partial charge is 0.220 e. The maximum absolute atomic E-state index is 11.8. The minimum atomic E-state index is 0.206. The van der Waals surface area contributed by atoms with Crippen molar-refractivity contribution in [3.05, 3.63) is 0 Å². The van der Waals surface area contributed by atoms with Gasteiger partial charge in [0.05, 0.1) is 0 Å². The zero-order chi connectivity index (χ0) is 12.9. The highest BCUT2D eigenvalue weighted by Gasteiger charge is 2.21. The van der Waals surface area contributed by atoms with Crippen molar-refractivity contribution >= 4 is 5.91 Å². The van der Waals surface area contributed by atoms with Crippen LogP contribution in [0.1, 0.15) is 53.4 Å². The first-order valence-electron chi connectivity index (χ1n) is 6.88. The second-order valence-electron chi connectivity index (χ2n) is 6.52. The summed E-state index contributed by atoms with van der Waals surface area (Å²) in [5.74, 6) is 0.806. The Bertz CT molecular complexity index is 239. The molecule has 0 saturated carbocycles. The maximum Gasteiger partial charge on any atom is 0.220 e. The van der Waals surface area contributed by atoms with Crippen LogP contribution in [0.5, 0.6) is 0 Å². The zero-order valence-corrected chi connectivity index (χ0v) is 11.8. The topological polar surface area (TPSA) is 41.1 Å². The lowest BCUT2D eigenvalue weighted by Crippen LogP contribution is -2.44. The highest BCUT2D eigenvalue weighted by molar-refractivity contribution is 5.76. The van der Waals surface area contributed by atoms with Gasteiger partial charge in [-0.2, -0.15) is 0 Å². The first-order valence-corrected chi connectivity index (χ1v) is 6.88. The number of hydrogen-bond acceptors (Lipinski definition) is 2. The number of nitrogens with one attached hydrogen (secondary N) is 2. The molecule has 2 atom stereocenters. The predicted octanol–water partition coefficient (Wildman–Crippen LogP) is 2.32. The average molecular weight is 240 g/mol. The molecule has 1 aliphatic heterocycles. The molecule has 0 aromatic carbocycles. The number of rotatable bonds is 4. The molecule has 1 rings (SSSR count). The van der Waals surface area contributed by atoms with Gasteiger partial charge in [-0.15, -0.1) is 0 Å². The summed E-state index contributed by atoms with van der Waals surface area (Å²) in [7, 11) is 0. The molecule has 0 aromatic rings. The quantitative estimate of drug-likeness (QED) is 0.792. The van der Waals surface area contributed by atoms with E-state index in [0.717, 1.165) is 19.5 Å². The van der Waals surface area contributed by atoms with Gasteiger partial charge in [0.1, 0.15) is 0 Å². The van der Waals surface area contributed by atoms with Crippen molar-refractivity contribution in [3.8, 4) is 0 Å². The summed E-state index contributed by atoms with van der Waals surface area (Å²) >= 11 is 0. The Labute approximate surface area is 106 Å². The number of carbonyl (C=O) groups is 1. The van der Waals surface area contributed by atoms with Gasteiger partial charge in [-0.05, 0) is 50.6 Å². The third-order valence-corrected chi connectivity index (χ3v) is 3.53. The Morgan fingerprint density at radius 1 is 1.47 bits per heavy atom. The fourth-order valence-electron chi connectivity index (χ4n) is 2.24. The van der Waals surface area contributed by atoms with Gasteiger partial charge in [-0.3, -0.25) is 4.79 Å². The SMILES string of the molecule is CC(NC(=O)CCC(C)(C)C)C1CCCNC1. The lowest BCUT2D eigenvalue weighted by Gasteiger charge is -2.29. The van der Waals surface area contributed by atoms with Crippen LogP contribution in [0, 0.1) is 11.3 Å². The molecular weight excluding hydrogens is 212 g/mol. The summed E-state index contributed by atoms with van der Waals surface area (Å²) < 4.78 is 0. The Morgan fingerprint density at radius 3 is 2.71 bits per heavy atom. The normalized spacial score (nSPS) is 23.2. The first-order chi connectivity index (χ1) is 7.88. The van der Waals surface area contributed by atoms with E-state index in [1.807, 2.05) is 0 Å². The second-order valence-corrected chi connectivity index (χ2v) is 6.52. The van der Waals surface area contributed by atoms with Crippen LogP contribution in [0.3, 0.4) is 0 Å². The van der Waals surface area contributed by atoms with Crippen LogP contribution in [0.2, 0.25) is 0 Å². The third kappa shape index (κ3) is 6.06. The van der Waals surface area contributed by atoms with Crippen LogP contribution in [-0.4, -0.2) is 25.0 Å². The van der Waals surface area contributed by atoms with Gasteiger partial charge in [0.15, 0.2) is 0 Å². The molecule has 0 aliphatic carbocycles. The van der Waals surface area contributed by atoms with Gasteiger partial charge in [-0.1, -0.05) is 20.8 Å². The summed E-state index contributed by atoms with van der Waals surface area (Å²) in [6.45, 7) is 10.8. The van der Waals surface area contributed by atoms with E-state index in [0.29, 0.717) is 18.4 Å². The molecule has 1 aliphatic rings. The minimum Gasteiger partial charge on any atom is -0.353 e. The van der Waals surface area contributed by atoms with E-state index in [1.165, 1.54) is 12.8 Å². The van der Waals surface area contributed by atoms with E-state index in [-0.39, 0.29) is 11.3 Å². The maximum atomic E-state index is 11.8. The number of piperidine rings is 1. The van der Waals surface area contributed by atoms with Crippen LogP contribution < -0.4 is 10.6 Å². The van der Waals surface area contributed by atoms with Crippen molar-refractivity contribution in [1.29, 1.82) is 0 Å². The minimum absolute atomic E-state index is 0.206. The largest absolute Gasteiger partial charge is 0.353 e. The molecule has 0 radical (unpaired) electrons. The molecule has 0 aromatic heterocycles. The third-order valence-electron chi connectivity index (χ3n) is 3.53. The number of carbonyl (C=O) groups excluding carboxylic acids is 1. The molecule has 0 spiro atoms. The molecular formula is C14H28N2O. The lowest BCUT2D eigenvalue weighted by atomic mass is 9.90. The van der Waals surface area contributed by atoms with Gasteiger partial charge in [-0.25, -0.2) is 0 Å². The van der Waals surface area contributed by atoms with Crippen LogP contribution in [-0.2, 0) is 4.79 Å². The zero-order valence-electron chi connectivity index (χ0n) is 11.8. The lowest BCUT2D eigenvalue weighted by molar-refractivity contribution is -0.122. The fourth-order valence-corrected chi connectivity index (χ4v) is 2.24. The molecule has 3 nitrogen and oxygen atoms in total. The van der Waals surface area contributed by atoms with E-state index in [2.05, 4.69) is 38.3 Å². The van der Waals surface area contributed by atoms with Crippen LogP contribution in [0.4, 0.5) is 0 Å². The summed E-state index contributed by atoms with van der Waals surface area (Å²) in [4.78, 5) is 11.8. The van der Waals surface area contributed by atoms with E-state index in [1.54, 1.807) is 0 Å². The van der Waals surface area contributed by atoms with Crippen molar-refractivity contribution in [2.45, 2.75) is 59.4 Å². The molecule has 17 heavy (non-hydrogen) atoms. The van der Waals surface area contributed by atoms with E-state index < -0.39 is 0 Å². The monoisotopic (exact) mass is 240 g/mol. The molecule has 1 fully saturated rings. The Kier molecular flexibility index (Phi) is 5.44. The van der Waals surface area contributed by atoms with Gasteiger partial charge in [0, 0.05) is 12.5 Å². The fraction of sp³-hybridized carbons (Fsp3) is 0.929. The van der Waals surface area contributed by atoms with Gasteiger partial charge < -0.3 is 10.6 Å². The van der Waals surface area contributed by atoms with Gasteiger partial charge in [0.2, 0.25) is 5.91 Å². The first kappa shape index (κ1) is 14.5. The van der Waals surface area contributed by atoms with E-state index in [9.17, 15) is 4.79 Å². The molecule has 100 valence electrons. The average Bonchev–Trinajstić information content (AvgIpc) is 2.27. The summed E-state index contributed by atoms with van der Waals surface area (Å²) in [6.07, 6.45) is 4.06. The van der Waals surface area contributed by atoms with Crippen molar-refractivity contribution in [3.63, 3.8) is 0 Å². The van der Waals surface area contributed by atoms with E-state index >= 15 is 0 Å². The highest BCUT2D eigenvalue weighted by atomic mass is 16.1. The molecule has 2 N–H and O–H groups in total. The standard InChI is InChI=1S/C14H28N2O/c1-11(12-6-5-9-15-10-12)16-13(17)7-8-14(2,3)4/h11-12,15H,5-10H2,1-4H3,(H,16,17). The summed E-state index contributed by atoms with van der Waals surface area (Å²) in [5.41, 5.74) is 0.243. The Hall–Kier alpha value is -0.570. The number of amides is 1. The van der Waals surface area contributed by atoms with Crippen molar-refractivity contribution in [1.82, 2.24) is 10.6 Å². The Balaban J connectivity index is 2.25. The van der Waals surface area contributed by atoms with Crippen LogP contribution >= 0.6 is 0 Å². The molecule has 1 saturated heterocycles. The second kappa shape index (κ2) is 6.39. The highest BCUT2D eigenvalue weighted by Crippen LogP contribution is 2.20. The van der Waals surface area contributed by atoms with Crippen molar-refractivity contribution < 1.29 is 4.79 Å².